The van der Waals surface area contributed by atoms with Crippen LogP contribution < -0.4 is 16.0 Å². The summed E-state index contributed by atoms with van der Waals surface area (Å²) in [6.07, 6.45) is 5.17. The van der Waals surface area contributed by atoms with Crippen LogP contribution in [0.2, 0.25) is 5.02 Å². The minimum absolute atomic E-state index is 0. The fourth-order valence-electron chi connectivity index (χ4n) is 4.22. The molecule has 1 saturated heterocycles. The first-order chi connectivity index (χ1) is 15.8. The fraction of sp³-hybridized carbons (Fsp3) is 0.375. The van der Waals surface area contributed by atoms with Crippen LogP contribution in [0.15, 0.2) is 47.2 Å². The summed E-state index contributed by atoms with van der Waals surface area (Å²) < 4.78 is 2.95. The molecule has 2 amide bonds. The molecule has 34 heavy (non-hydrogen) atoms. The molecule has 3 atom stereocenters. The molecule has 0 radical (unpaired) electrons. The second-order valence-electron chi connectivity index (χ2n) is 8.61. The van der Waals surface area contributed by atoms with Crippen molar-refractivity contribution in [2.45, 2.75) is 38.4 Å². The van der Waals surface area contributed by atoms with Gasteiger partial charge in [0.1, 0.15) is 11.7 Å². The molecule has 2 aromatic heterocycles. The van der Waals surface area contributed by atoms with Gasteiger partial charge in [-0.2, -0.15) is 0 Å². The Morgan fingerprint density at radius 3 is 2.88 bits per heavy atom. The van der Waals surface area contributed by atoms with Crippen LogP contribution in [0, 0.1) is 5.92 Å². The first-order valence-corrected chi connectivity index (χ1v) is 12.1. The molecule has 7 nitrogen and oxygen atoms in total. The number of rotatable bonds is 7. The zero-order valence-corrected chi connectivity index (χ0v) is 22.1. The van der Waals surface area contributed by atoms with Crippen LogP contribution in [0.4, 0.5) is 0 Å². The van der Waals surface area contributed by atoms with Crippen molar-refractivity contribution in [3.8, 4) is 0 Å². The Bertz CT molecular complexity index is 1190. The van der Waals surface area contributed by atoms with Gasteiger partial charge in [0.25, 0.3) is 0 Å². The van der Waals surface area contributed by atoms with Crippen molar-refractivity contribution < 1.29 is 9.59 Å². The number of amides is 2. The van der Waals surface area contributed by atoms with Gasteiger partial charge in [0.15, 0.2) is 0 Å². The van der Waals surface area contributed by atoms with Gasteiger partial charge in [-0.3, -0.25) is 9.59 Å². The second-order valence-corrected chi connectivity index (χ2v) is 9.87. The van der Waals surface area contributed by atoms with Gasteiger partial charge in [-0.05, 0) is 55.5 Å². The monoisotopic (exact) mass is 567 g/mol. The molecule has 4 rings (SSSR count). The quantitative estimate of drug-likeness (QED) is 0.405. The van der Waals surface area contributed by atoms with E-state index in [9.17, 15) is 9.59 Å². The third-order valence-corrected chi connectivity index (χ3v) is 7.12. The summed E-state index contributed by atoms with van der Waals surface area (Å²) in [5, 5.41) is 10.5. The smallest absolute Gasteiger partial charge is 0.242 e. The number of fused-ring (bicyclic) bond motifs is 1. The summed E-state index contributed by atoms with van der Waals surface area (Å²) in [6.45, 7) is 2.77. The van der Waals surface area contributed by atoms with E-state index < -0.39 is 6.04 Å². The predicted molar refractivity (Wildman–Crippen MR) is 140 cm³/mol. The lowest BCUT2D eigenvalue weighted by atomic mass is 9.96. The maximum Gasteiger partial charge on any atom is 0.242 e. The van der Waals surface area contributed by atoms with Gasteiger partial charge in [-0.15, -0.1) is 12.4 Å². The SMILES string of the molecule is C[C@H](NC(=O)[C@H]1C[C@H](Cc2ccccc2Br)CN1)C(=O)NCc1cnc2c(c1)c(Cl)cn2C.Cl. The third-order valence-electron chi connectivity index (χ3n) is 6.05. The average molecular weight is 569 g/mol. The van der Waals surface area contributed by atoms with Crippen molar-refractivity contribution >= 4 is 62.8 Å². The van der Waals surface area contributed by atoms with E-state index in [4.69, 9.17) is 11.6 Å². The van der Waals surface area contributed by atoms with Gasteiger partial charge in [0, 0.05) is 35.8 Å². The normalized spacial score (nSPS) is 18.4. The van der Waals surface area contributed by atoms with Crippen LogP contribution >= 0.6 is 39.9 Å². The number of aryl methyl sites for hydroxylation is 1. The van der Waals surface area contributed by atoms with Crippen molar-refractivity contribution in [2.24, 2.45) is 13.0 Å². The molecule has 1 aliphatic heterocycles. The lowest BCUT2D eigenvalue weighted by Crippen LogP contribution is -2.49. The average Bonchev–Trinajstić information content (AvgIpc) is 3.38. The highest BCUT2D eigenvalue weighted by molar-refractivity contribution is 9.10. The first-order valence-electron chi connectivity index (χ1n) is 11.0. The maximum atomic E-state index is 12.7. The topological polar surface area (TPSA) is 88.1 Å². The van der Waals surface area contributed by atoms with Crippen molar-refractivity contribution in [3.63, 3.8) is 0 Å². The number of carbonyl (C=O) groups is 2. The highest BCUT2D eigenvalue weighted by atomic mass is 79.9. The predicted octanol–water partition coefficient (Wildman–Crippen LogP) is 3.75. The minimum atomic E-state index is -0.640. The maximum absolute atomic E-state index is 12.7. The lowest BCUT2D eigenvalue weighted by Gasteiger charge is -2.17. The molecule has 182 valence electrons. The van der Waals surface area contributed by atoms with Gasteiger partial charge in [-0.1, -0.05) is 45.7 Å². The van der Waals surface area contributed by atoms with E-state index in [-0.39, 0.29) is 30.3 Å². The van der Waals surface area contributed by atoms with E-state index >= 15 is 0 Å². The van der Waals surface area contributed by atoms with Gasteiger partial charge in [-0.25, -0.2) is 4.98 Å². The van der Waals surface area contributed by atoms with Crippen molar-refractivity contribution in [2.75, 3.05) is 6.54 Å². The molecule has 1 aliphatic rings. The molecule has 1 aromatic carbocycles. The molecule has 0 bridgehead atoms. The zero-order chi connectivity index (χ0) is 23.5. The van der Waals surface area contributed by atoms with Crippen LogP contribution in [0.3, 0.4) is 0 Å². The molecule has 3 N–H and O–H groups in total. The highest BCUT2D eigenvalue weighted by Gasteiger charge is 2.31. The van der Waals surface area contributed by atoms with E-state index in [0.717, 1.165) is 40.5 Å². The van der Waals surface area contributed by atoms with E-state index in [0.29, 0.717) is 17.5 Å². The number of aromatic nitrogens is 2. The Morgan fingerprint density at radius 1 is 1.35 bits per heavy atom. The number of pyridine rings is 1. The number of nitrogens with zero attached hydrogens (tertiary/aromatic N) is 2. The Balaban J connectivity index is 0.00000324. The van der Waals surface area contributed by atoms with Gasteiger partial charge < -0.3 is 20.5 Å². The van der Waals surface area contributed by atoms with E-state index in [1.807, 2.05) is 35.9 Å². The zero-order valence-electron chi connectivity index (χ0n) is 19.0. The second kappa shape index (κ2) is 11.5. The summed E-state index contributed by atoms with van der Waals surface area (Å²) in [5.41, 5.74) is 2.87. The minimum Gasteiger partial charge on any atom is -0.350 e. The molecule has 3 heterocycles. The Hall–Kier alpha value is -2.13. The van der Waals surface area contributed by atoms with Crippen molar-refractivity contribution in [3.05, 3.63) is 63.3 Å². The van der Waals surface area contributed by atoms with Crippen LogP contribution in [0.5, 0.6) is 0 Å². The lowest BCUT2D eigenvalue weighted by molar-refractivity contribution is -0.129. The number of carbonyl (C=O) groups excluding carboxylic acids is 2. The molecule has 10 heteroatoms. The van der Waals surface area contributed by atoms with Crippen LogP contribution in [-0.2, 0) is 29.6 Å². The molecule has 3 aromatic rings. The van der Waals surface area contributed by atoms with Gasteiger partial charge in [0.05, 0.1) is 11.1 Å². The Morgan fingerprint density at radius 2 is 2.12 bits per heavy atom. The Labute approximate surface area is 218 Å². The molecule has 0 saturated carbocycles. The standard InChI is InChI=1S/C24H27BrClN5O2.ClH/c1-14(23(32)29-12-16-8-18-20(26)13-31(2)22(18)28-11-16)30-24(33)21-9-15(10-27-21)7-17-5-3-4-6-19(17)25;/h3-6,8,11,13-15,21,27H,7,9-10,12H2,1-2H3,(H,29,32)(H,30,33);1H/t14-,15-,21+;/m0./s1. The molecular formula is C24H28BrCl2N5O2. The number of hydrogen-bond acceptors (Lipinski definition) is 4. The highest BCUT2D eigenvalue weighted by Crippen LogP contribution is 2.25. The van der Waals surface area contributed by atoms with Crippen LogP contribution in [0.1, 0.15) is 24.5 Å². The number of benzene rings is 1. The van der Waals surface area contributed by atoms with E-state index in [1.54, 1.807) is 19.3 Å². The summed E-state index contributed by atoms with van der Waals surface area (Å²) in [4.78, 5) is 29.7. The third kappa shape index (κ3) is 6.10. The van der Waals surface area contributed by atoms with Gasteiger partial charge >= 0.3 is 0 Å². The summed E-state index contributed by atoms with van der Waals surface area (Å²) in [6, 6.07) is 9.14. The summed E-state index contributed by atoms with van der Waals surface area (Å²) in [5.74, 6) is -0.0207. The summed E-state index contributed by atoms with van der Waals surface area (Å²) >= 11 is 9.83. The molecule has 0 unspecified atom stereocenters. The molecular weight excluding hydrogens is 541 g/mol. The van der Waals surface area contributed by atoms with Crippen molar-refractivity contribution in [1.82, 2.24) is 25.5 Å². The molecule has 0 aliphatic carbocycles. The Kier molecular flexibility index (Phi) is 8.98. The van der Waals surface area contributed by atoms with E-state index in [1.165, 1.54) is 5.56 Å². The number of nitrogens with one attached hydrogen (secondary N) is 3. The van der Waals surface area contributed by atoms with Crippen molar-refractivity contribution in [1.29, 1.82) is 0 Å². The van der Waals surface area contributed by atoms with Crippen LogP contribution in [-0.4, -0.2) is 40.0 Å². The number of hydrogen-bond donors (Lipinski definition) is 3. The largest absolute Gasteiger partial charge is 0.350 e. The van der Waals surface area contributed by atoms with Gasteiger partial charge in [0.2, 0.25) is 11.8 Å². The van der Waals surface area contributed by atoms with Crippen LogP contribution in [0.25, 0.3) is 11.0 Å². The molecule has 1 fully saturated rings. The fourth-order valence-corrected chi connectivity index (χ4v) is 4.95. The number of halogens is 3. The van der Waals surface area contributed by atoms with E-state index in [2.05, 4.69) is 42.9 Å². The molecule has 0 spiro atoms. The first kappa shape index (κ1) is 26.5. The summed E-state index contributed by atoms with van der Waals surface area (Å²) in [7, 11) is 1.88.